The van der Waals surface area contributed by atoms with E-state index in [9.17, 15) is 14.4 Å². The number of Topliss-reactive ketones (excluding diaryl/α,β-unsaturated/α-hetero) is 1. The lowest BCUT2D eigenvalue weighted by atomic mass is 10.1. The second-order valence-corrected chi connectivity index (χ2v) is 11.4. The Morgan fingerprint density at radius 2 is 1.82 bits per heavy atom. The Bertz CT molecular complexity index is 1030. The molecular weight excluding hydrogens is 502 g/mol. The van der Waals surface area contributed by atoms with Crippen LogP contribution in [0.1, 0.15) is 75.0 Å². The highest BCUT2D eigenvalue weighted by atomic mass is 32.1. The monoisotopic (exact) mass is 545 g/mol. The van der Waals surface area contributed by atoms with E-state index in [2.05, 4.69) is 22.5 Å². The molecule has 0 atom stereocenters. The zero-order chi connectivity index (χ0) is 28.1. The molecule has 0 aromatic carbocycles. The number of nitrogens with one attached hydrogen (secondary N) is 2. The summed E-state index contributed by atoms with van der Waals surface area (Å²) in [6.45, 7) is 9.94. The summed E-state index contributed by atoms with van der Waals surface area (Å²) >= 11 is 1.40. The number of ether oxygens (including phenoxy) is 1. The Morgan fingerprint density at radius 3 is 2.45 bits per heavy atom. The van der Waals surface area contributed by atoms with Crippen molar-refractivity contribution in [1.82, 2.24) is 20.1 Å². The number of amides is 3. The minimum atomic E-state index is -0.612. The number of hydrogen-bond acceptors (Lipinski definition) is 7. The Hall–Kier alpha value is -2.98. The summed E-state index contributed by atoms with van der Waals surface area (Å²) in [5.41, 5.74) is 1.85. The molecule has 0 aliphatic rings. The van der Waals surface area contributed by atoms with E-state index < -0.39 is 11.7 Å². The highest BCUT2D eigenvalue weighted by molar-refractivity contribution is 7.08. The van der Waals surface area contributed by atoms with Crippen molar-refractivity contribution in [3.8, 4) is 0 Å². The number of hydrogen-bond donors (Lipinski definition) is 2. The van der Waals surface area contributed by atoms with E-state index in [-0.39, 0.29) is 18.2 Å². The van der Waals surface area contributed by atoms with Crippen LogP contribution in [0.2, 0.25) is 0 Å². The van der Waals surface area contributed by atoms with Gasteiger partial charge >= 0.3 is 12.1 Å². The van der Waals surface area contributed by atoms with Crippen molar-refractivity contribution in [3.63, 3.8) is 0 Å². The van der Waals surface area contributed by atoms with Gasteiger partial charge in [0.05, 0.1) is 5.69 Å². The molecule has 2 aromatic heterocycles. The summed E-state index contributed by atoms with van der Waals surface area (Å²) in [6.07, 6.45) is 5.61. The van der Waals surface area contributed by atoms with E-state index >= 15 is 0 Å². The number of aromatic nitrogens is 1. The number of carbonyl (C=O) groups is 3. The maximum atomic E-state index is 12.9. The fourth-order valence-corrected chi connectivity index (χ4v) is 4.37. The second kappa shape index (κ2) is 15.4. The quantitative estimate of drug-likeness (QED) is 0.238. The molecule has 2 heterocycles. The van der Waals surface area contributed by atoms with Crippen molar-refractivity contribution in [3.05, 3.63) is 45.9 Å². The van der Waals surface area contributed by atoms with Crippen molar-refractivity contribution in [2.75, 3.05) is 39.0 Å². The van der Waals surface area contributed by atoms with Gasteiger partial charge in [-0.25, -0.2) is 9.59 Å². The lowest BCUT2D eigenvalue weighted by molar-refractivity contribution is 0.0635. The summed E-state index contributed by atoms with van der Waals surface area (Å²) in [6, 6.07) is 3.44. The highest BCUT2D eigenvalue weighted by Crippen LogP contribution is 2.23. The fourth-order valence-electron chi connectivity index (χ4n) is 3.58. The van der Waals surface area contributed by atoms with Crippen LogP contribution in [0, 0.1) is 0 Å². The third-order valence-electron chi connectivity index (χ3n) is 5.62. The van der Waals surface area contributed by atoms with Crippen molar-refractivity contribution in [1.29, 1.82) is 0 Å². The van der Waals surface area contributed by atoms with Crippen LogP contribution in [0.5, 0.6) is 0 Å². The SMILES string of the molecule is CCCCCCNC(=O)N(CCN(C)C)Cc1ccc(C(=O)Cc2cscc2NC(=O)OC(C)(C)C)nc1. The number of nitrogens with zero attached hydrogens (tertiary/aromatic N) is 3. The number of anilines is 1. The van der Waals surface area contributed by atoms with Crippen LogP contribution < -0.4 is 10.6 Å². The van der Waals surface area contributed by atoms with Crippen LogP contribution in [0.3, 0.4) is 0 Å². The molecular formula is C28H43N5O4S. The number of likely N-dealkylation sites (N-methyl/N-ethyl adjacent to an activating group) is 1. The summed E-state index contributed by atoms with van der Waals surface area (Å²) in [7, 11) is 3.95. The van der Waals surface area contributed by atoms with Gasteiger partial charge in [-0.15, -0.1) is 11.3 Å². The van der Waals surface area contributed by atoms with Gasteiger partial charge in [-0.1, -0.05) is 32.3 Å². The number of unbranched alkanes of at least 4 members (excludes halogenated alkanes) is 3. The summed E-state index contributed by atoms with van der Waals surface area (Å²) in [5.74, 6) is -0.156. The maximum Gasteiger partial charge on any atom is 0.412 e. The van der Waals surface area contributed by atoms with E-state index in [1.54, 1.807) is 43.3 Å². The predicted octanol–water partition coefficient (Wildman–Crippen LogP) is 5.57. The van der Waals surface area contributed by atoms with Gasteiger partial charge in [0.2, 0.25) is 0 Å². The lowest BCUT2D eigenvalue weighted by Crippen LogP contribution is -2.43. The van der Waals surface area contributed by atoms with Gasteiger partial charge < -0.3 is 19.9 Å². The Kier molecular flexibility index (Phi) is 12.7. The standard InChI is InChI=1S/C28H43N5O4S/c1-7-8-9-10-13-29-26(35)33(15-14-32(5)6)18-21-11-12-23(30-17-21)25(34)16-22-19-38-20-24(22)31-27(36)37-28(2,3)4/h11-12,17,19-20H,7-10,13-16,18H2,1-6H3,(H,29,35)(H,31,36). The minimum Gasteiger partial charge on any atom is -0.444 e. The normalized spacial score (nSPS) is 11.3. The van der Waals surface area contributed by atoms with E-state index in [1.807, 2.05) is 30.4 Å². The summed E-state index contributed by atoms with van der Waals surface area (Å²) < 4.78 is 5.31. The van der Waals surface area contributed by atoms with Gasteiger partial charge in [-0.05, 0) is 63.9 Å². The number of rotatable bonds is 14. The minimum absolute atomic E-state index is 0.0917. The van der Waals surface area contributed by atoms with E-state index in [0.29, 0.717) is 36.6 Å². The third-order valence-corrected chi connectivity index (χ3v) is 6.42. The molecule has 0 radical (unpaired) electrons. The van der Waals surface area contributed by atoms with Crippen molar-refractivity contribution in [2.45, 2.75) is 71.9 Å². The van der Waals surface area contributed by atoms with E-state index in [4.69, 9.17) is 4.74 Å². The van der Waals surface area contributed by atoms with Crippen LogP contribution in [0.15, 0.2) is 29.1 Å². The van der Waals surface area contributed by atoms with Crippen LogP contribution in [-0.4, -0.2) is 72.0 Å². The molecule has 3 amide bonds. The largest absolute Gasteiger partial charge is 0.444 e. The first-order valence-corrected chi connectivity index (χ1v) is 14.1. The topological polar surface area (TPSA) is 104 Å². The van der Waals surface area contributed by atoms with Crippen LogP contribution in [0.25, 0.3) is 0 Å². The molecule has 2 rings (SSSR count). The fraction of sp³-hybridized carbons (Fsp3) is 0.571. The molecule has 2 N–H and O–H groups in total. The molecule has 10 heteroatoms. The van der Waals surface area contributed by atoms with Gasteiger partial charge in [0.15, 0.2) is 5.78 Å². The summed E-state index contributed by atoms with van der Waals surface area (Å²) in [4.78, 5) is 46.0. The molecule has 0 saturated heterocycles. The highest BCUT2D eigenvalue weighted by Gasteiger charge is 2.19. The molecule has 0 fully saturated rings. The Balaban J connectivity index is 1.98. The maximum absolute atomic E-state index is 12.9. The molecule has 0 bridgehead atoms. The molecule has 2 aromatic rings. The number of ketones is 1. The molecule has 38 heavy (non-hydrogen) atoms. The third kappa shape index (κ3) is 11.6. The van der Waals surface area contributed by atoms with E-state index in [1.165, 1.54) is 17.8 Å². The smallest absolute Gasteiger partial charge is 0.412 e. The Labute approximate surface area is 230 Å². The first kappa shape index (κ1) is 31.2. The predicted molar refractivity (Wildman–Crippen MR) is 153 cm³/mol. The Morgan fingerprint density at radius 1 is 1.05 bits per heavy atom. The molecule has 0 unspecified atom stereocenters. The second-order valence-electron chi connectivity index (χ2n) is 10.6. The molecule has 9 nitrogen and oxygen atoms in total. The molecule has 0 aliphatic heterocycles. The first-order valence-electron chi connectivity index (χ1n) is 13.2. The molecule has 0 aliphatic carbocycles. The van der Waals surface area contributed by atoms with Gasteiger partial charge in [-0.3, -0.25) is 15.1 Å². The van der Waals surface area contributed by atoms with E-state index in [0.717, 1.165) is 31.4 Å². The number of pyridine rings is 1. The average Bonchev–Trinajstić information content (AvgIpc) is 3.26. The summed E-state index contributed by atoms with van der Waals surface area (Å²) in [5, 5.41) is 9.36. The van der Waals surface area contributed by atoms with Crippen molar-refractivity contribution in [2.24, 2.45) is 0 Å². The number of carbonyl (C=O) groups excluding carboxylic acids is 3. The van der Waals surface area contributed by atoms with Gasteiger partial charge in [0.1, 0.15) is 11.3 Å². The number of thiophene rings is 1. The van der Waals surface area contributed by atoms with Crippen LogP contribution in [-0.2, 0) is 17.7 Å². The zero-order valence-corrected chi connectivity index (χ0v) is 24.5. The van der Waals surface area contributed by atoms with Gasteiger partial charge in [-0.2, -0.15) is 0 Å². The lowest BCUT2D eigenvalue weighted by Gasteiger charge is -2.25. The molecule has 210 valence electrons. The van der Waals surface area contributed by atoms with Crippen LogP contribution >= 0.6 is 11.3 Å². The molecule has 0 saturated carbocycles. The van der Waals surface area contributed by atoms with Gasteiger partial charge in [0.25, 0.3) is 0 Å². The molecule has 0 spiro atoms. The van der Waals surface area contributed by atoms with Gasteiger partial charge in [0, 0.05) is 44.2 Å². The first-order chi connectivity index (χ1) is 18.0. The van der Waals surface area contributed by atoms with Crippen molar-refractivity contribution >= 4 is 34.9 Å². The number of urea groups is 1. The zero-order valence-electron chi connectivity index (χ0n) is 23.6. The van der Waals surface area contributed by atoms with Crippen molar-refractivity contribution < 1.29 is 19.1 Å². The average molecular weight is 546 g/mol. The van der Waals surface area contributed by atoms with Crippen LogP contribution in [0.4, 0.5) is 15.3 Å².